The van der Waals surface area contributed by atoms with E-state index in [4.69, 9.17) is 10.2 Å². The molecule has 104 valence electrons. The van der Waals surface area contributed by atoms with Crippen LogP contribution in [0.5, 0.6) is 0 Å². The van der Waals surface area contributed by atoms with E-state index in [0.29, 0.717) is 5.76 Å². The minimum Gasteiger partial charge on any atom is -0.447 e. The summed E-state index contributed by atoms with van der Waals surface area (Å²) in [4.78, 5) is 0. The summed E-state index contributed by atoms with van der Waals surface area (Å²) in [6.45, 7) is -0.159. The quantitative estimate of drug-likeness (QED) is 0.565. The zero-order valence-electron chi connectivity index (χ0n) is 9.71. The van der Waals surface area contributed by atoms with Crippen LogP contribution in [0.1, 0.15) is 5.76 Å². The molecule has 0 amide bonds. The molecule has 10 heteroatoms. The Labute approximate surface area is 106 Å². The normalized spacial score (nSPS) is 12.8. The molecule has 1 aromatic heterocycles. The molecule has 1 heterocycles. The number of furan rings is 1. The van der Waals surface area contributed by atoms with Crippen LogP contribution < -0.4 is 15.2 Å². The van der Waals surface area contributed by atoms with Gasteiger partial charge in [-0.05, 0) is 19.2 Å². The maximum Gasteiger partial charge on any atom is 0.273 e. The average molecular weight is 297 g/mol. The van der Waals surface area contributed by atoms with Crippen molar-refractivity contribution in [3.05, 3.63) is 17.9 Å². The summed E-state index contributed by atoms with van der Waals surface area (Å²) in [5.74, 6) is -0.0223. The number of nitrogens with two attached hydrogens (primary N) is 1. The van der Waals surface area contributed by atoms with Gasteiger partial charge in [0.05, 0.1) is 12.3 Å². The van der Waals surface area contributed by atoms with Crippen molar-refractivity contribution in [1.82, 2.24) is 9.44 Å². The molecule has 0 saturated heterocycles. The van der Waals surface area contributed by atoms with Crippen molar-refractivity contribution in [3.8, 4) is 0 Å². The highest BCUT2D eigenvalue weighted by molar-refractivity contribution is 7.90. The molecule has 0 fully saturated rings. The van der Waals surface area contributed by atoms with Gasteiger partial charge in [-0.2, -0.15) is 0 Å². The SMILES string of the molecule is CNS(=O)(=O)CCNS(=O)(=O)c1ccc(CN)o1. The first-order chi connectivity index (χ1) is 8.30. The lowest BCUT2D eigenvalue weighted by atomic mass is 10.5. The fraction of sp³-hybridized carbons (Fsp3) is 0.500. The molecule has 0 radical (unpaired) electrons. The second-order valence-electron chi connectivity index (χ2n) is 3.35. The van der Waals surface area contributed by atoms with Crippen molar-refractivity contribution in [2.24, 2.45) is 5.73 Å². The number of sulfonamides is 2. The number of rotatable bonds is 7. The molecule has 18 heavy (non-hydrogen) atoms. The van der Waals surface area contributed by atoms with Crippen LogP contribution in [0, 0.1) is 0 Å². The first-order valence-electron chi connectivity index (χ1n) is 5.00. The van der Waals surface area contributed by atoms with Gasteiger partial charge in [0.25, 0.3) is 10.0 Å². The second-order valence-corrected chi connectivity index (χ2v) is 7.09. The highest BCUT2D eigenvalue weighted by Crippen LogP contribution is 2.12. The Morgan fingerprint density at radius 1 is 1.28 bits per heavy atom. The molecule has 0 unspecified atom stereocenters. The lowest BCUT2D eigenvalue weighted by Gasteiger charge is -2.04. The topological polar surface area (TPSA) is 132 Å². The van der Waals surface area contributed by atoms with E-state index in [2.05, 4.69) is 9.44 Å². The van der Waals surface area contributed by atoms with Gasteiger partial charge in [-0.15, -0.1) is 0 Å². The van der Waals surface area contributed by atoms with Gasteiger partial charge in [0, 0.05) is 6.54 Å². The fourth-order valence-corrected chi connectivity index (χ4v) is 2.78. The summed E-state index contributed by atoms with van der Waals surface area (Å²) in [7, 11) is -6.04. The second kappa shape index (κ2) is 5.80. The number of hydrogen-bond donors (Lipinski definition) is 3. The van der Waals surface area contributed by atoms with E-state index in [1.807, 2.05) is 0 Å². The van der Waals surface area contributed by atoms with Gasteiger partial charge < -0.3 is 10.2 Å². The highest BCUT2D eigenvalue weighted by atomic mass is 32.2. The Morgan fingerprint density at radius 3 is 2.44 bits per heavy atom. The Kier molecular flexibility index (Phi) is 4.87. The molecule has 0 aromatic carbocycles. The largest absolute Gasteiger partial charge is 0.447 e. The zero-order chi connectivity index (χ0) is 13.8. The van der Waals surface area contributed by atoms with Gasteiger partial charge in [-0.1, -0.05) is 0 Å². The third-order valence-electron chi connectivity index (χ3n) is 2.08. The van der Waals surface area contributed by atoms with Crippen LogP contribution in [-0.4, -0.2) is 36.2 Å². The minimum absolute atomic E-state index is 0.0870. The molecular weight excluding hydrogens is 282 g/mol. The average Bonchev–Trinajstić information content (AvgIpc) is 2.77. The van der Waals surface area contributed by atoms with Gasteiger partial charge in [0.2, 0.25) is 15.1 Å². The summed E-state index contributed by atoms with van der Waals surface area (Å²) in [6, 6.07) is 2.70. The van der Waals surface area contributed by atoms with E-state index in [1.165, 1.54) is 19.2 Å². The van der Waals surface area contributed by atoms with Gasteiger partial charge in [0.15, 0.2) is 0 Å². The van der Waals surface area contributed by atoms with Crippen LogP contribution in [0.3, 0.4) is 0 Å². The van der Waals surface area contributed by atoms with Crippen LogP contribution in [0.2, 0.25) is 0 Å². The van der Waals surface area contributed by atoms with Crippen molar-refractivity contribution in [3.63, 3.8) is 0 Å². The lowest BCUT2D eigenvalue weighted by Crippen LogP contribution is -2.32. The highest BCUT2D eigenvalue weighted by Gasteiger charge is 2.19. The molecule has 0 aliphatic heterocycles. The first kappa shape index (κ1) is 15.1. The molecule has 0 atom stereocenters. The van der Waals surface area contributed by atoms with E-state index < -0.39 is 20.0 Å². The van der Waals surface area contributed by atoms with Crippen molar-refractivity contribution in [2.75, 3.05) is 19.3 Å². The predicted octanol–water partition coefficient (Wildman–Crippen LogP) is -1.43. The van der Waals surface area contributed by atoms with Gasteiger partial charge in [0.1, 0.15) is 5.76 Å². The Balaban J connectivity index is 2.66. The summed E-state index contributed by atoms with van der Waals surface area (Å²) >= 11 is 0. The third-order valence-corrected chi connectivity index (χ3v) is 4.77. The van der Waals surface area contributed by atoms with Crippen LogP contribution >= 0.6 is 0 Å². The van der Waals surface area contributed by atoms with Crippen LogP contribution in [-0.2, 0) is 26.6 Å². The molecule has 0 saturated carbocycles. The van der Waals surface area contributed by atoms with Crippen LogP contribution in [0.25, 0.3) is 0 Å². The maximum atomic E-state index is 11.7. The zero-order valence-corrected chi connectivity index (χ0v) is 11.3. The molecule has 4 N–H and O–H groups in total. The Bertz CT molecular complexity index is 590. The van der Waals surface area contributed by atoms with Gasteiger partial charge in [-0.3, -0.25) is 0 Å². The van der Waals surface area contributed by atoms with Crippen molar-refractivity contribution in [1.29, 1.82) is 0 Å². The molecule has 1 rings (SSSR count). The number of nitrogens with one attached hydrogen (secondary N) is 2. The standard InChI is InChI=1S/C8H15N3O5S2/c1-10-17(12,13)5-4-11-18(14,15)8-3-2-7(6-9)16-8/h2-3,10-11H,4-6,9H2,1H3. The summed E-state index contributed by atoms with van der Waals surface area (Å²) in [6.07, 6.45) is 0. The van der Waals surface area contributed by atoms with Crippen LogP contribution in [0.15, 0.2) is 21.6 Å². The number of hydrogen-bond acceptors (Lipinski definition) is 6. The molecule has 0 aliphatic rings. The molecule has 1 aromatic rings. The van der Waals surface area contributed by atoms with Gasteiger partial charge in [-0.25, -0.2) is 26.3 Å². The Morgan fingerprint density at radius 2 is 1.94 bits per heavy atom. The first-order valence-corrected chi connectivity index (χ1v) is 8.14. The summed E-state index contributed by atoms with van der Waals surface area (Å²) in [5.41, 5.74) is 5.29. The predicted molar refractivity (Wildman–Crippen MR) is 64.6 cm³/mol. The van der Waals surface area contributed by atoms with E-state index >= 15 is 0 Å². The fourth-order valence-electron chi connectivity index (χ4n) is 1.10. The van der Waals surface area contributed by atoms with E-state index in [1.54, 1.807) is 0 Å². The summed E-state index contributed by atoms with van der Waals surface area (Å²) < 4.78 is 54.7. The van der Waals surface area contributed by atoms with E-state index in [0.717, 1.165) is 0 Å². The Hall–Kier alpha value is -0.940. The molecule has 0 bridgehead atoms. The molecule has 8 nitrogen and oxygen atoms in total. The van der Waals surface area contributed by atoms with Crippen molar-refractivity contribution < 1.29 is 21.3 Å². The minimum atomic E-state index is -3.84. The van der Waals surface area contributed by atoms with Crippen LogP contribution in [0.4, 0.5) is 0 Å². The molecule has 0 aliphatic carbocycles. The monoisotopic (exact) mass is 297 g/mol. The smallest absolute Gasteiger partial charge is 0.273 e. The molecule has 0 spiro atoms. The maximum absolute atomic E-state index is 11.7. The summed E-state index contributed by atoms with van der Waals surface area (Å²) in [5, 5.41) is -0.287. The molecular formula is C8H15N3O5S2. The third kappa shape index (κ3) is 4.07. The van der Waals surface area contributed by atoms with Crippen molar-refractivity contribution >= 4 is 20.0 Å². The van der Waals surface area contributed by atoms with Crippen molar-refractivity contribution in [2.45, 2.75) is 11.6 Å². The van der Waals surface area contributed by atoms with Gasteiger partial charge >= 0.3 is 0 Å². The van der Waals surface area contributed by atoms with E-state index in [9.17, 15) is 16.8 Å². The van der Waals surface area contributed by atoms with E-state index in [-0.39, 0.29) is 23.9 Å². The lowest BCUT2D eigenvalue weighted by molar-refractivity contribution is 0.413.